The van der Waals surface area contributed by atoms with Crippen LogP contribution in [0.2, 0.25) is 0 Å². The van der Waals surface area contributed by atoms with E-state index < -0.39 is 0 Å². The third-order valence-electron chi connectivity index (χ3n) is 2.78. The van der Waals surface area contributed by atoms with Crippen LogP contribution in [0.5, 0.6) is 0 Å². The summed E-state index contributed by atoms with van der Waals surface area (Å²) in [6.07, 6.45) is 4.35. The van der Waals surface area contributed by atoms with Crippen LogP contribution in [0.1, 0.15) is 19.0 Å². The molecule has 2 rings (SSSR count). The summed E-state index contributed by atoms with van der Waals surface area (Å²) in [5.41, 5.74) is 1.18. The lowest BCUT2D eigenvalue weighted by Crippen LogP contribution is -2.30. The number of hydrogen-bond acceptors (Lipinski definition) is 3. The van der Waals surface area contributed by atoms with Crippen molar-refractivity contribution in [1.82, 2.24) is 15.1 Å². The zero-order valence-electron chi connectivity index (χ0n) is 9.44. The maximum Gasteiger partial charge on any atom is 0.0637 e. The lowest BCUT2D eigenvalue weighted by atomic mass is 10.2. The number of rotatable bonds is 4. The van der Waals surface area contributed by atoms with Crippen molar-refractivity contribution in [3.05, 3.63) is 18.0 Å². The van der Waals surface area contributed by atoms with Crippen molar-refractivity contribution < 1.29 is 0 Å². The van der Waals surface area contributed by atoms with Gasteiger partial charge in [-0.1, -0.05) is 6.92 Å². The fraction of sp³-hybridized carbons (Fsp3) is 0.727. The van der Waals surface area contributed by atoms with Crippen molar-refractivity contribution in [2.45, 2.75) is 31.1 Å². The van der Waals surface area contributed by atoms with E-state index in [0.29, 0.717) is 6.04 Å². The van der Waals surface area contributed by atoms with Gasteiger partial charge in [0, 0.05) is 43.3 Å². The molecule has 0 aliphatic carbocycles. The Kier molecular flexibility index (Phi) is 3.70. The first-order valence-corrected chi connectivity index (χ1v) is 6.62. The molecule has 2 heterocycles. The third kappa shape index (κ3) is 3.24. The van der Waals surface area contributed by atoms with Crippen LogP contribution >= 0.6 is 11.8 Å². The summed E-state index contributed by atoms with van der Waals surface area (Å²) < 4.78 is 1.86. The number of thioether (sulfide) groups is 1. The average molecular weight is 225 g/mol. The van der Waals surface area contributed by atoms with E-state index in [0.717, 1.165) is 18.2 Å². The van der Waals surface area contributed by atoms with Crippen molar-refractivity contribution in [2.24, 2.45) is 7.05 Å². The number of aromatic nitrogens is 2. The van der Waals surface area contributed by atoms with Crippen molar-refractivity contribution in [3.8, 4) is 0 Å². The van der Waals surface area contributed by atoms with E-state index in [-0.39, 0.29) is 0 Å². The first-order chi connectivity index (χ1) is 7.24. The van der Waals surface area contributed by atoms with Gasteiger partial charge in [-0.15, -0.1) is 0 Å². The fourth-order valence-electron chi connectivity index (χ4n) is 1.96. The molecule has 1 aromatic rings. The Morgan fingerprint density at radius 2 is 2.53 bits per heavy atom. The molecule has 2 atom stereocenters. The highest BCUT2D eigenvalue weighted by Gasteiger charge is 2.20. The molecule has 0 bridgehead atoms. The van der Waals surface area contributed by atoms with Crippen molar-refractivity contribution in [1.29, 1.82) is 0 Å². The summed E-state index contributed by atoms with van der Waals surface area (Å²) >= 11 is 2.07. The van der Waals surface area contributed by atoms with E-state index in [4.69, 9.17) is 0 Å². The molecule has 3 nitrogen and oxygen atoms in total. The highest BCUT2D eigenvalue weighted by molar-refractivity contribution is 8.00. The average Bonchev–Trinajstić information content (AvgIpc) is 2.76. The molecule has 1 aromatic heterocycles. The molecule has 1 N–H and O–H groups in total. The fourth-order valence-corrected chi connectivity index (χ4v) is 3.14. The molecule has 1 saturated heterocycles. The van der Waals surface area contributed by atoms with Gasteiger partial charge in [-0.3, -0.25) is 4.68 Å². The summed E-state index contributed by atoms with van der Waals surface area (Å²) in [5.74, 6) is 1.27. The molecule has 15 heavy (non-hydrogen) atoms. The molecule has 0 aromatic carbocycles. The monoisotopic (exact) mass is 225 g/mol. The predicted octanol–water partition coefficient (Wildman–Crippen LogP) is 1.45. The Balaban J connectivity index is 1.67. The number of nitrogens with zero attached hydrogens (tertiary/aromatic N) is 2. The molecule has 1 fully saturated rings. The SMILES string of the molecule is CC1CC(NCCc2ccn(C)n2)CS1. The minimum atomic E-state index is 0.716. The van der Waals surface area contributed by atoms with Gasteiger partial charge in [0.2, 0.25) is 0 Å². The summed E-state index contributed by atoms with van der Waals surface area (Å²) in [6.45, 7) is 3.36. The predicted molar refractivity (Wildman–Crippen MR) is 65.2 cm³/mol. The van der Waals surface area contributed by atoms with E-state index in [1.807, 2.05) is 17.9 Å². The summed E-state index contributed by atoms with van der Waals surface area (Å²) in [7, 11) is 1.96. The molecule has 0 amide bonds. The topological polar surface area (TPSA) is 29.9 Å². The summed E-state index contributed by atoms with van der Waals surface area (Å²) in [6, 6.07) is 2.81. The van der Waals surface area contributed by atoms with Crippen LogP contribution in [0.25, 0.3) is 0 Å². The molecule has 2 unspecified atom stereocenters. The van der Waals surface area contributed by atoms with Gasteiger partial charge in [-0.25, -0.2) is 0 Å². The first-order valence-electron chi connectivity index (χ1n) is 5.57. The second-order valence-electron chi connectivity index (χ2n) is 4.26. The normalized spacial score (nSPS) is 26.0. The largest absolute Gasteiger partial charge is 0.313 e. The third-order valence-corrected chi connectivity index (χ3v) is 4.14. The molecule has 0 spiro atoms. The Morgan fingerprint density at radius 3 is 3.13 bits per heavy atom. The van der Waals surface area contributed by atoms with Gasteiger partial charge in [0.25, 0.3) is 0 Å². The van der Waals surface area contributed by atoms with E-state index in [9.17, 15) is 0 Å². The van der Waals surface area contributed by atoms with Crippen molar-refractivity contribution in [3.63, 3.8) is 0 Å². The van der Waals surface area contributed by atoms with Crippen molar-refractivity contribution >= 4 is 11.8 Å². The smallest absolute Gasteiger partial charge is 0.0637 e. The zero-order chi connectivity index (χ0) is 10.7. The quantitative estimate of drug-likeness (QED) is 0.841. The van der Waals surface area contributed by atoms with Crippen LogP contribution in [-0.4, -0.2) is 33.4 Å². The Hall–Kier alpha value is -0.480. The molecule has 1 aliphatic heterocycles. The van der Waals surface area contributed by atoms with Gasteiger partial charge in [0.05, 0.1) is 5.69 Å². The minimum absolute atomic E-state index is 0.716. The van der Waals surface area contributed by atoms with Crippen LogP contribution < -0.4 is 5.32 Å². The van der Waals surface area contributed by atoms with E-state index in [2.05, 4.69) is 35.2 Å². The van der Waals surface area contributed by atoms with E-state index in [1.54, 1.807) is 0 Å². The molecule has 0 radical (unpaired) electrons. The molecular weight excluding hydrogens is 206 g/mol. The first kappa shape index (κ1) is 11.0. The maximum atomic E-state index is 4.36. The Labute approximate surface area is 95.6 Å². The number of aryl methyl sites for hydroxylation is 1. The van der Waals surface area contributed by atoms with Gasteiger partial charge < -0.3 is 5.32 Å². The standard InChI is InChI=1S/C11H19N3S/c1-9-7-11(8-15-9)12-5-3-10-4-6-14(2)13-10/h4,6,9,11-12H,3,5,7-8H2,1-2H3. The van der Waals surface area contributed by atoms with Gasteiger partial charge in [0.1, 0.15) is 0 Å². The van der Waals surface area contributed by atoms with Gasteiger partial charge in [-0.05, 0) is 12.5 Å². The van der Waals surface area contributed by atoms with Crippen LogP contribution in [0.4, 0.5) is 0 Å². The van der Waals surface area contributed by atoms with Crippen LogP contribution in [0.15, 0.2) is 12.3 Å². The number of hydrogen-bond donors (Lipinski definition) is 1. The molecular formula is C11H19N3S. The molecule has 1 aliphatic rings. The molecule has 84 valence electrons. The molecule has 4 heteroatoms. The summed E-state index contributed by atoms with van der Waals surface area (Å²) in [5, 5.41) is 8.79. The van der Waals surface area contributed by atoms with Crippen LogP contribution in [-0.2, 0) is 13.5 Å². The maximum absolute atomic E-state index is 4.36. The van der Waals surface area contributed by atoms with Crippen molar-refractivity contribution in [2.75, 3.05) is 12.3 Å². The van der Waals surface area contributed by atoms with E-state index >= 15 is 0 Å². The second kappa shape index (κ2) is 5.03. The van der Waals surface area contributed by atoms with E-state index in [1.165, 1.54) is 17.9 Å². The second-order valence-corrected chi connectivity index (χ2v) is 5.73. The van der Waals surface area contributed by atoms with Gasteiger partial charge >= 0.3 is 0 Å². The van der Waals surface area contributed by atoms with Crippen LogP contribution in [0, 0.1) is 0 Å². The zero-order valence-corrected chi connectivity index (χ0v) is 10.3. The van der Waals surface area contributed by atoms with Gasteiger partial charge in [-0.2, -0.15) is 16.9 Å². The minimum Gasteiger partial charge on any atom is -0.313 e. The Morgan fingerprint density at radius 1 is 1.67 bits per heavy atom. The Bertz CT molecular complexity index is 311. The lowest BCUT2D eigenvalue weighted by Gasteiger charge is -2.10. The van der Waals surface area contributed by atoms with Crippen LogP contribution in [0.3, 0.4) is 0 Å². The molecule has 0 saturated carbocycles. The summed E-state index contributed by atoms with van der Waals surface area (Å²) in [4.78, 5) is 0. The highest BCUT2D eigenvalue weighted by atomic mass is 32.2. The van der Waals surface area contributed by atoms with Gasteiger partial charge in [0.15, 0.2) is 0 Å². The lowest BCUT2D eigenvalue weighted by molar-refractivity contribution is 0.538. The highest BCUT2D eigenvalue weighted by Crippen LogP contribution is 2.25. The number of nitrogens with one attached hydrogen (secondary N) is 1.